The Morgan fingerprint density at radius 2 is 1.63 bits per heavy atom. The molecular formula is C17H28O2. The second-order valence-electron chi connectivity index (χ2n) is 6.81. The molecule has 0 aromatic heterocycles. The first-order valence-electron chi connectivity index (χ1n) is 7.00. The van der Waals surface area contributed by atoms with E-state index in [1.807, 2.05) is 13.8 Å². The summed E-state index contributed by atoms with van der Waals surface area (Å²) in [6.07, 6.45) is 0.628. The van der Waals surface area contributed by atoms with E-state index in [-0.39, 0.29) is 11.3 Å². The lowest BCUT2D eigenvalue weighted by Crippen LogP contribution is -2.42. The molecule has 108 valence electrons. The van der Waals surface area contributed by atoms with E-state index in [1.54, 1.807) is 7.11 Å². The van der Waals surface area contributed by atoms with E-state index in [0.29, 0.717) is 13.0 Å². The number of benzene rings is 1. The van der Waals surface area contributed by atoms with Gasteiger partial charge in [0.1, 0.15) is 0 Å². The molecule has 0 spiro atoms. The van der Waals surface area contributed by atoms with Crippen LogP contribution in [-0.4, -0.2) is 24.4 Å². The molecule has 0 amide bonds. The summed E-state index contributed by atoms with van der Waals surface area (Å²) >= 11 is 0. The number of rotatable bonds is 5. The summed E-state index contributed by atoms with van der Waals surface area (Å²) < 4.78 is 5.17. The van der Waals surface area contributed by atoms with Crippen molar-refractivity contribution in [1.29, 1.82) is 0 Å². The molecule has 0 aliphatic rings. The van der Waals surface area contributed by atoms with Crippen LogP contribution in [0.3, 0.4) is 0 Å². The standard InChI is InChI=1S/C17H28O2/c1-13(2)17(18,12-19-6)11-14-7-9-15(10-8-14)16(3,4)5/h7-10,13,18H,11-12H2,1-6H3. The molecule has 0 radical (unpaired) electrons. The maximum atomic E-state index is 10.6. The molecule has 2 heteroatoms. The number of aliphatic hydroxyl groups is 1. The van der Waals surface area contributed by atoms with Crippen molar-refractivity contribution >= 4 is 0 Å². The third-order valence-electron chi connectivity index (χ3n) is 3.80. The highest BCUT2D eigenvalue weighted by atomic mass is 16.5. The van der Waals surface area contributed by atoms with Gasteiger partial charge in [0.15, 0.2) is 0 Å². The summed E-state index contributed by atoms with van der Waals surface area (Å²) in [6.45, 7) is 11.0. The molecule has 0 aliphatic carbocycles. The zero-order valence-electron chi connectivity index (χ0n) is 13.2. The molecule has 1 unspecified atom stereocenters. The van der Waals surface area contributed by atoms with Crippen LogP contribution in [-0.2, 0) is 16.6 Å². The van der Waals surface area contributed by atoms with Gasteiger partial charge in [-0.1, -0.05) is 58.9 Å². The summed E-state index contributed by atoms with van der Waals surface area (Å²) in [4.78, 5) is 0. The van der Waals surface area contributed by atoms with Crippen LogP contribution in [0.1, 0.15) is 45.7 Å². The predicted octanol–water partition coefficient (Wildman–Crippen LogP) is 3.56. The van der Waals surface area contributed by atoms with Gasteiger partial charge in [-0.05, 0) is 22.5 Å². The smallest absolute Gasteiger partial charge is 0.0942 e. The third-order valence-corrected chi connectivity index (χ3v) is 3.80. The highest BCUT2D eigenvalue weighted by molar-refractivity contribution is 5.28. The van der Waals surface area contributed by atoms with Crippen molar-refractivity contribution in [2.45, 2.75) is 52.1 Å². The summed E-state index contributed by atoms with van der Waals surface area (Å²) in [5.41, 5.74) is 1.84. The Morgan fingerprint density at radius 1 is 1.11 bits per heavy atom. The number of ether oxygens (including phenoxy) is 1. The molecular weight excluding hydrogens is 236 g/mol. The van der Waals surface area contributed by atoms with Gasteiger partial charge in [-0.25, -0.2) is 0 Å². The average Bonchev–Trinajstić information content (AvgIpc) is 2.28. The first kappa shape index (κ1) is 16.2. The van der Waals surface area contributed by atoms with E-state index in [1.165, 1.54) is 5.56 Å². The first-order chi connectivity index (χ1) is 8.69. The molecule has 0 bridgehead atoms. The number of hydrogen-bond donors (Lipinski definition) is 1. The van der Waals surface area contributed by atoms with Gasteiger partial charge in [-0.2, -0.15) is 0 Å². The molecule has 0 heterocycles. The highest BCUT2D eigenvalue weighted by Gasteiger charge is 2.31. The van der Waals surface area contributed by atoms with Gasteiger partial charge in [0, 0.05) is 13.5 Å². The lowest BCUT2D eigenvalue weighted by molar-refractivity contribution is -0.0637. The monoisotopic (exact) mass is 264 g/mol. The van der Waals surface area contributed by atoms with Crippen molar-refractivity contribution in [3.63, 3.8) is 0 Å². The van der Waals surface area contributed by atoms with Crippen molar-refractivity contribution in [3.8, 4) is 0 Å². The van der Waals surface area contributed by atoms with E-state index < -0.39 is 5.60 Å². The lowest BCUT2D eigenvalue weighted by atomic mass is 9.83. The zero-order valence-corrected chi connectivity index (χ0v) is 13.2. The molecule has 19 heavy (non-hydrogen) atoms. The van der Waals surface area contributed by atoms with Crippen LogP contribution >= 0.6 is 0 Å². The van der Waals surface area contributed by atoms with Crippen LogP contribution in [0.4, 0.5) is 0 Å². The third kappa shape index (κ3) is 4.32. The van der Waals surface area contributed by atoms with Crippen LogP contribution in [0.2, 0.25) is 0 Å². The SMILES string of the molecule is COCC(O)(Cc1ccc(C(C)(C)C)cc1)C(C)C. The zero-order chi connectivity index (χ0) is 14.7. The second kappa shape index (κ2) is 6.06. The quantitative estimate of drug-likeness (QED) is 0.881. The molecule has 2 nitrogen and oxygen atoms in total. The van der Waals surface area contributed by atoms with Gasteiger partial charge in [0.25, 0.3) is 0 Å². The molecule has 0 aliphatic heterocycles. The highest BCUT2D eigenvalue weighted by Crippen LogP contribution is 2.26. The van der Waals surface area contributed by atoms with Crippen molar-refractivity contribution < 1.29 is 9.84 Å². The number of hydrogen-bond acceptors (Lipinski definition) is 2. The maximum Gasteiger partial charge on any atom is 0.0942 e. The van der Waals surface area contributed by atoms with Gasteiger partial charge in [-0.3, -0.25) is 0 Å². The fourth-order valence-corrected chi connectivity index (χ4v) is 2.15. The van der Waals surface area contributed by atoms with Crippen LogP contribution in [0.25, 0.3) is 0 Å². The van der Waals surface area contributed by atoms with E-state index in [0.717, 1.165) is 5.56 Å². The predicted molar refractivity (Wildman–Crippen MR) is 80.5 cm³/mol. The topological polar surface area (TPSA) is 29.5 Å². The molecule has 0 fully saturated rings. The van der Waals surface area contributed by atoms with Crippen LogP contribution < -0.4 is 0 Å². The largest absolute Gasteiger partial charge is 0.387 e. The Hall–Kier alpha value is -0.860. The average molecular weight is 264 g/mol. The van der Waals surface area contributed by atoms with Crippen molar-refractivity contribution in [3.05, 3.63) is 35.4 Å². The van der Waals surface area contributed by atoms with Gasteiger partial charge in [0.2, 0.25) is 0 Å². The van der Waals surface area contributed by atoms with E-state index in [9.17, 15) is 5.11 Å². The van der Waals surface area contributed by atoms with E-state index >= 15 is 0 Å². The molecule has 1 atom stereocenters. The summed E-state index contributed by atoms with van der Waals surface area (Å²) in [5.74, 6) is 0.162. The van der Waals surface area contributed by atoms with Gasteiger partial charge < -0.3 is 9.84 Å². The normalized spacial score (nSPS) is 15.6. The van der Waals surface area contributed by atoms with Crippen molar-refractivity contribution in [1.82, 2.24) is 0 Å². The Balaban J connectivity index is 2.87. The molecule has 0 saturated heterocycles. The minimum Gasteiger partial charge on any atom is -0.387 e. The summed E-state index contributed by atoms with van der Waals surface area (Å²) in [7, 11) is 1.63. The van der Waals surface area contributed by atoms with E-state index in [4.69, 9.17) is 4.74 Å². The minimum absolute atomic E-state index is 0.162. The van der Waals surface area contributed by atoms with Gasteiger partial charge in [0.05, 0.1) is 12.2 Å². The summed E-state index contributed by atoms with van der Waals surface area (Å²) in [5, 5.41) is 10.6. The van der Waals surface area contributed by atoms with Crippen LogP contribution in [0.15, 0.2) is 24.3 Å². The Labute approximate surface area is 117 Å². The minimum atomic E-state index is -0.794. The van der Waals surface area contributed by atoms with Crippen molar-refractivity contribution in [2.75, 3.05) is 13.7 Å². The molecule has 1 aromatic rings. The second-order valence-corrected chi connectivity index (χ2v) is 6.81. The number of methoxy groups -OCH3 is 1. The Bertz CT molecular complexity index is 387. The fourth-order valence-electron chi connectivity index (χ4n) is 2.15. The first-order valence-corrected chi connectivity index (χ1v) is 7.00. The van der Waals surface area contributed by atoms with Crippen LogP contribution in [0, 0.1) is 5.92 Å². The molecule has 1 rings (SSSR count). The van der Waals surface area contributed by atoms with Gasteiger partial charge in [-0.15, -0.1) is 0 Å². The molecule has 1 aromatic carbocycles. The van der Waals surface area contributed by atoms with Gasteiger partial charge >= 0.3 is 0 Å². The fraction of sp³-hybridized carbons (Fsp3) is 0.647. The molecule has 0 saturated carbocycles. The maximum absolute atomic E-state index is 10.6. The lowest BCUT2D eigenvalue weighted by Gasteiger charge is -2.31. The van der Waals surface area contributed by atoms with Crippen LogP contribution in [0.5, 0.6) is 0 Å². The van der Waals surface area contributed by atoms with E-state index in [2.05, 4.69) is 45.0 Å². The van der Waals surface area contributed by atoms with Crippen molar-refractivity contribution in [2.24, 2.45) is 5.92 Å². The Morgan fingerprint density at radius 3 is 2.00 bits per heavy atom. The Kier molecular flexibility index (Phi) is 5.17. The summed E-state index contributed by atoms with van der Waals surface area (Å²) in [6, 6.07) is 8.54. The molecule has 1 N–H and O–H groups in total.